The van der Waals surface area contributed by atoms with E-state index in [1.54, 1.807) is 13.3 Å². The number of Topliss-reactive ketones (excluding diaryl/α,β-unsaturated/α-hetero) is 1. The van der Waals surface area contributed by atoms with Crippen molar-refractivity contribution < 1.29 is 9.53 Å². The molecule has 88 valence electrons. The van der Waals surface area contributed by atoms with Crippen LogP contribution >= 0.6 is 15.9 Å². The Labute approximate surface area is 104 Å². The Morgan fingerprint density at radius 2 is 2.19 bits per heavy atom. The lowest BCUT2D eigenvalue weighted by Crippen LogP contribution is -2.30. The fraction of sp³-hybridized carbons (Fsp3) is 0.500. The average molecular weight is 286 g/mol. The third-order valence-corrected chi connectivity index (χ3v) is 2.79. The number of pyridine rings is 1. The first-order valence-corrected chi connectivity index (χ1v) is 6.00. The first-order valence-electron chi connectivity index (χ1n) is 5.20. The van der Waals surface area contributed by atoms with E-state index < -0.39 is 0 Å². The molecule has 1 unspecified atom stereocenters. The number of rotatable bonds is 5. The molecule has 1 atom stereocenters. The molecule has 0 saturated carbocycles. The van der Waals surface area contributed by atoms with Crippen LogP contribution in [0.25, 0.3) is 0 Å². The normalized spacial score (nSPS) is 12.8. The SMILES string of the molecule is COC(C(=O)Cc1ccc(Br)cn1)C(C)C. The van der Waals surface area contributed by atoms with Gasteiger partial charge in [0.25, 0.3) is 0 Å². The summed E-state index contributed by atoms with van der Waals surface area (Å²) in [7, 11) is 1.57. The largest absolute Gasteiger partial charge is 0.373 e. The van der Waals surface area contributed by atoms with Crippen LogP contribution in [0.2, 0.25) is 0 Å². The van der Waals surface area contributed by atoms with Crippen molar-refractivity contribution in [3.63, 3.8) is 0 Å². The Bertz CT molecular complexity index is 349. The molecule has 0 spiro atoms. The standard InChI is InChI=1S/C12H16BrNO2/c1-8(2)12(16-3)11(15)6-10-5-4-9(13)7-14-10/h4-5,7-8,12H,6H2,1-3H3. The van der Waals surface area contributed by atoms with Crippen molar-refractivity contribution in [1.82, 2.24) is 4.98 Å². The van der Waals surface area contributed by atoms with E-state index in [2.05, 4.69) is 20.9 Å². The highest BCUT2D eigenvalue weighted by Crippen LogP contribution is 2.12. The Hall–Kier alpha value is -0.740. The van der Waals surface area contributed by atoms with Gasteiger partial charge in [0, 0.05) is 23.5 Å². The van der Waals surface area contributed by atoms with E-state index in [4.69, 9.17) is 4.74 Å². The zero-order valence-corrected chi connectivity index (χ0v) is 11.3. The predicted molar refractivity (Wildman–Crippen MR) is 66.3 cm³/mol. The summed E-state index contributed by atoms with van der Waals surface area (Å²) in [5, 5.41) is 0. The van der Waals surface area contributed by atoms with E-state index in [0.717, 1.165) is 10.2 Å². The maximum atomic E-state index is 11.9. The van der Waals surface area contributed by atoms with Crippen molar-refractivity contribution in [3.8, 4) is 0 Å². The Balaban J connectivity index is 2.66. The van der Waals surface area contributed by atoms with Gasteiger partial charge in [0.15, 0.2) is 5.78 Å². The van der Waals surface area contributed by atoms with E-state index in [0.29, 0.717) is 6.42 Å². The van der Waals surface area contributed by atoms with Crippen LogP contribution in [0.4, 0.5) is 0 Å². The molecular weight excluding hydrogens is 270 g/mol. The molecule has 0 aliphatic carbocycles. The highest BCUT2D eigenvalue weighted by molar-refractivity contribution is 9.10. The van der Waals surface area contributed by atoms with Crippen LogP contribution in [0.5, 0.6) is 0 Å². The van der Waals surface area contributed by atoms with E-state index in [1.807, 2.05) is 26.0 Å². The number of carbonyl (C=O) groups is 1. The smallest absolute Gasteiger partial charge is 0.167 e. The van der Waals surface area contributed by atoms with Crippen LogP contribution < -0.4 is 0 Å². The molecule has 0 bridgehead atoms. The van der Waals surface area contributed by atoms with Crippen molar-refractivity contribution in [3.05, 3.63) is 28.5 Å². The van der Waals surface area contributed by atoms with Crippen LogP contribution in [0.15, 0.2) is 22.8 Å². The number of carbonyl (C=O) groups excluding carboxylic acids is 1. The number of halogens is 1. The molecule has 0 amide bonds. The minimum Gasteiger partial charge on any atom is -0.373 e. The van der Waals surface area contributed by atoms with Crippen molar-refractivity contribution in [2.45, 2.75) is 26.4 Å². The third kappa shape index (κ3) is 3.68. The van der Waals surface area contributed by atoms with E-state index in [9.17, 15) is 4.79 Å². The van der Waals surface area contributed by atoms with Crippen molar-refractivity contribution in [1.29, 1.82) is 0 Å². The summed E-state index contributed by atoms with van der Waals surface area (Å²) >= 11 is 3.31. The number of hydrogen-bond donors (Lipinski definition) is 0. The van der Waals surface area contributed by atoms with Gasteiger partial charge < -0.3 is 4.74 Å². The Morgan fingerprint density at radius 3 is 2.62 bits per heavy atom. The highest BCUT2D eigenvalue weighted by atomic mass is 79.9. The lowest BCUT2D eigenvalue weighted by Gasteiger charge is -2.17. The molecule has 1 aromatic rings. The molecule has 0 aliphatic rings. The lowest BCUT2D eigenvalue weighted by atomic mass is 10.00. The molecule has 1 heterocycles. The fourth-order valence-corrected chi connectivity index (χ4v) is 1.80. The van der Waals surface area contributed by atoms with Crippen molar-refractivity contribution in [2.75, 3.05) is 7.11 Å². The maximum Gasteiger partial charge on any atom is 0.167 e. The molecular formula is C12H16BrNO2. The average Bonchev–Trinajstić information content (AvgIpc) is 2.22. The number of ketones is 1. The molecule has 0 radical (unpaired) electrons. The van der Waals surface area contributed by atoms with Crippen LogP contribution in [0.1, 0.15) is 19.5 Å². The van der Waals surface area contributed by atoms with Gasteiger partial charge in [0.2, 0.25) is 0 Å². The molecule has 0 N–H and O–H groups in total. The zero-order valence-electron chi connectivity index (χ0n) is 9.74. The van der Waals surface area contributed by atoms with Crippen LogP contribution in [-0.4, -0.2) is 24.0 Å². The molecule has 0 aliphatic heterocycles. The summed E-state index contributed by atoms with van der Waals surface area (Å²) in [4.78, 5) is 16.1. The summed E-state index contributed by atoms with van der Waals surface area (Å²) in [5.74, 6) is 0.264. The van der Waals surface area contributed by atoms with Gasteiger partial charge in [0.1, 0.15) is 6.10 Å². The summed E-state index contributed by atoms with van der Waals surface area (Å²) in [6, 6.07) is 3.72. The molecule has 1 rings (SSSR count). The number of methoxy groups -OCH3 is 1. The van der Waals surface area contributed by atoms with E-state index in [1.165, 1.54) is 0 Å². The molecule has 4 heteroatoms. The van der Waals surface area contributed by atoms with E-state index in [-0.39, 0.29) is 17.8 Å². The minimum atomic E-state index is -0.342. The molecule has 16 heavy (non-hydrogen) atoms. The second-order valence-corrected chi connectivity index (χ2v) is 4.93. The summed E-state index contributed by atoms with van der Waals surface area (Å²) in [6.45, 7) is 3.95. The number of nitrogens with zero attached hydrogens (tertiary/aromatic N) is 1. The minimum absolute atomic E-state index is 0.0762. The Kier molecular flexibility index (Phi) is 5.09. The summed E-state index contributed by atoms with van der Waals surface area (Å²) in [5.41, 5.74) is 0.774. The quantitative estimate of drug-likeness (QED) is 0.835. The lowest BCUT2D eigenvalue weighted by molar-refractivity contribution is -0.130. The van der Waals surface area contributed by atoms with Crippen molar-refractivity contribution >= 4 is 21.7 Å². The second kappa shape index (κ2) is 6.11. The molecule has 0 saturated heterocycles. The maximum absolute atomic E-state index is 11.9. The summed E-state index contributed by atoms with van der Waals surface area (Å²) in [6.07, 6.45) is 1.68. The zero-order chi connectivity index (χ0) is 12.1. The molecule has 0 fully saturated rings. The van der Waals surface area contributed by atoms with Gasteiger partial charge in [-0.05, 0) is 34.0 Å². The Morgan fingerprint density at radius 1 is 1.50 bits per heavy atom. The highest BCUT2D eigenvalue weighted by Gasteiger charge is 2.21. The fourth-order valence-electron chi connectivity index (χ4n) is 1.57. The summed E-state index contributed by atoms with van der Waals surface area (Å²) < 4.78 is 6.10. The van der Waals surface area contributed by atoms with Crippen LogP contribution in [-0.2, 0) is 16.0 Å². The topological polar surface area (TPSA) is 39.2 Å². The number of ether oxygens (including phenoxy) is 1. The van der Waals surface area contributed by atoms with Gasteiger partial charge in [-0.15, -0.1) is 0 Å². The van der Waals surface area contributed by atoms with Crippen LogP contribution in [0.3, 0.4) is 0 Å². The third-order valence-electron chi connectivity index (χ3n) is 2.32. The molecule has 1 aromatic heterocycles. The van der Waals surface area contributed by atoms with Crippen LogP contribution in [0, 0.1) is 5.92 Å². The van der Waals surface area contributed by atoms with Crippen molar-refractivity contribution in [2.24, 2.45) is 5.92 Å². The number of hydrogen-bond acceptors (Lipinski definition) is 3. The van der Waals surface area contributed by atoms with E-state index >= 15 is 0 Å². The van der Waals surface area contributed by atoms with Gasteiger partial charge >= 0.3 is 0 Å². The number of aromatic nitrogens is 1. The monoisotopic (exact) mass is 285 g/mol. The first kappa shape index (κ1) is 13.3. The predicted octanol–water partition coefficient (Wildman–Crippen LogP) is 2.63. The van der Waals surface area contributed by atoms with Gasteiger partial charge in [-0.1, -0.05) is 13.8 Å². The molecule has 0 aromatic carbocycles. The van der Waals surface area contributed by atoms with Gasteiger partial charge in [0.05, 0.1) is 6.42 Å². The van der Waals surface area contributed by atoms with Gasteiger partial charge in [-0.3, -0.25) is 9.78 Å². The van der Waals surface area contributed by atoms with Gasteiger partial charge in [-0.25, -0.2) is 0 Å². The van der Waals surface area contributed by atoms with Gasteiger partial charge in [-0.2, -0.15) is 0 Å². The first-order chi connectivity index (χ1) is 7.54. The second-order valence-electron chi connectivity index (χ2n) is 4.01. The molecule has 3 nitrogen and oxygen atoms in total.